The first kappa shape index (κ1) is 18.7. The highest BCUT2D eigenvalue weighted by Crippen LogP contribution is 2.37. The molecule has 0 aliphatic carbocycles. The van der Waals surface area contributed by atoms with Gasteiger partial charge in [-0.25, -0.2) is 14.4 Å². The topological polar surface area (TPSA) is 75.9 Å². The van der Waals surface area contributed by atoms with Crippen molar-refractivity contribution in [2.24, 2.45) is 0 Å². The van der Waals surface area contributed by atoms with Crippen molar-refractivity contribution in [2.45, 2.75) is 6.18 Å². The molecule has 0 fully saturated rings. The second-order valence-corrected chi connectivity index (χ2v) is 5.81. The minimum Gasteiger partial charge on any atom is -0.393 e. The van der Waals surface area contributed by atoms with Crippen LogP contribution in [0.15, 0.2) is 48.8 Å². The molecule has 0 atom stereocenters. The molecular formula is C17H12ClF4N5. The molecule has 5 nitrogen and oxygen atoms in total. The van der Waals surface area contributed by atoms with E-state index in [-0.39, 0.29) is 28.7 Å². The predicted molar refractivity (Wildman–Crippen MR) is 95.9 cm³/mol. The molecule has 0 bridgehead atoms. The Morgan fingerprint density at radius 2 is 1.63 bits per heavy atom. The van der Waals surface area contributed by atoms with Gasteiger partial charge in [0.2, 0.25) is 0 Å². The van der Waals surface area contributed by atoms with Gasteiger partial charge in [-0.3, -0.25) is 0 Å². The second-order valence-electron chi connectivity index (χ2n) is 5.41. The molecule has 0 aliphatic heterocycles. The van der Waals surface area contributed by atoms with Crippen LogP contribution < -0.4 is 16.4 Å². The van der Waals surface area contributed by atoms with Gasteiger partial charge in [-0.1, -0.05) is 23.7 Å². The molecule has 3 aromatic rings. The predicted octanol–water partition coefficient (Wildman–Crippen LogP) is 5.36. The fraction of sp³-hybridized carbons (Fsp3) is 0.0588. The zero-order valence-electron chi connectivity index (χ0n) is 13.5. The number of alkyl halides is 3. The Labute approximate surface area is 156 Å². The van der Waals surface area contributed by atoms with E-state index in [0.29, 0.717) is 0 Å². The van der Waals surface area contributed by atoms with Crippen molar-refractivity contribution in [2.75, 3.05) is 16.4 Å². The van der Waals surface area contributed by atoms with E-state index in [0.717, 1.165) is 18.5 Å². The van der Waals surface area contributed by atoms with Crippen LogP contribution in [0, 0.1) is 5.82 Å². The number of halogens is 5. The first-order valence-electron chi connectivity index (χ1n) is 7.51. The van der Waals surface area contributed by atoms with E-state index in [4.69, 9.17) is 17.3 Å². The fourth-order valence-electron chi connectivity index (χ4n) is 2.24. The molecular weight excluding hydrogens is 386 g/mol. The lowest BCUT2D eigenvalue weighted by Crippen LogP contribution is -2.08. The van der Waals surface area contributed by atoms with Gasteiger partial charge in [-0.15, -0.1) is 0 Å². The zero-order chi connectivity index (χ0) is 19.6. The summed E-state index contributed by atoms with van der Waals surface area (Å²) >= 11 is 5.60. The van der Waals surface area contributed by atoms with Gasteiger partial charge in [0.25, 0.3) is 0 Å². The molecule has 0 unspecified atom stereocenters. The minimum atomic E-state index is -4.61. The molecule has 0 aliphatic rings. The minimum absolute atomic E-state index is 0.00395. The van der Waals surface area contributed by atoms with Crippen LogP contribution in [0.2, 0.25) is 5.02 Å². The Bertz CT molecular complexity index is 978. The van der Waals surface area contributed by atoms with E-state index >= 15 is 0 Å². The van der Waals surface area contributed by atoms with E-state index in [1.807, 2.05) is 0 Å². The molecule has 0 spiro atoms. The number of nitrogen functional groups attached to an aromatic ring is 1. The first-order valence-corrected chi connectivity index (χ1v) is 7.89. The van der Waals surface area contributed by atoms with Crippen LogP contribution in [0.4, 0.5) is 46.3 Å². The standard InChI is InChI=1S/C17H12ClF4N5/c18-11-6-5-9(7-10(11)17(20,21)22)26-15-14(23)16(25-8-24-15)27-13-4-2-1-3-12(13)19/h1-8H,23H2,(H2,24,25,26,27). The van der Waals surface area contributed by atoms with Crippen LogP contribution in [0.1, 0.15) is 5.56 Å². The number of nitrogens with zero attached hydrogens (tertiary/aromatic N) is 2. The van der Waals surface area contributed by atoms with E-state index < -0.39 is 22.6 Å². The van der Waals surface area contributed by atoms with Gasteiger partial charge in [0.15, 0.2) is 11.6 Å². The van der Waals surface area contributed by atoms with Gasteiger partial charge < -0.3 is 16.4 Å². The molecule has 140 valence electrons. The van der Waals surface area contributed by atoms with Gasteiger partial charge >= 0.3 is 6.18 Å². The lowest BCUT2D eigenvalue weighted by atomic mass is 10.2. The van der Waals surface area contributed by atoms with Crippen molar-refractivity contribution < 1.29 is 17.6 Å². The number of nitrogens with two attached hydrogens (primary N) is 1. The molecule has 4 N–H and O–H groups in total. The SMILES string of the molecule is Nc1c(Nc2ccc(Cl)c(C(F)(F)F)c2)ncnc1Nc1ccccc1F. The number of rotatable bonds is 4. The fourth-order valence-corrected chi connectivity index (χ4v) is 2.47. The van der Waals surface area contributed by atoms with Gasteiger partial charge in [-0.05, 0) is 30.3 Å². The second kappa shape index (κ2) is 7.28. The highest BCUT2D eigenvalue weighted by atomic mass is 35.5. The third-order valence-corrected chi connectivity index (χ3v) is 3.87. The van der Waals surface area contributed by atoms with E-state index in [1.54, 1.807) is 6.07 Å². The molecule has 1 aromatic heterocycles. The summed E-state index contributed by atoms with van der Waals surface area (Å²) in [5, 5.41) is 4.98. The van der Waals surface area contributed by atoms with Crippen molar-refractivity contribution in [1.82, 2.24) is 9.97 Å². The normalized spacial score (nSPS) is 11.3. The Morgan fingerprint density at radius 3 is 2.30 bits per heavy atom. The molecule has 0 amide bonds. The number of aromatic nitrogens is 2. The number of hydrogen-bond acceptors (Lipinski definition) is 5. The zero-order valence-corrected chi connectivity index (χ0v) is 14.2. The number of benzene rings is 2. The summed E-state index contributed by atoms with van der Waals surface area (Å²) in [6.07, 6.45) is -3.47. The number of para-hydroxylation sites is 1. The summed E-state index contributed by atoms with van der Waals surface area (Å²) < 4.78 is 52.7. The van der Waals surface area contributed by atoms with Crippen molar-refractivity contribution in [3.63, 3.8) is 0 Å². The third kappa shape index (κ3) is 4.20. The summed E-state index contributed by atoms with van der Waals surface area (Å²) in [7, 11) is 0. The number of hydrogen-bond donors (Lipinski definition) is 3. The third-order valence-electron chi connectivity index (χ3n) is 3.55. The highest BCUT2D eigenvalue weighted by Gasteiger charge is 2.33. The molecule has 27 heavy (non-hydrogen) atoms. The largest absolute Gasteiger partial charge is 0.417 e. The molecule has 2 aromatic carbocycles. The van der Waals surface area contributed by atoms with Gasteiger partial charge in [0.1, 0.15) is 17.8 Å². The Kier molecular flexibility index (Phi) is 5.04. The maximum Gasteiger partial charge on any atom is 0.417 e. The van der Waals surface area contributed by atoms with E-state index in [9.17, 15) is 17.6 Å². The number of nitrogens with one attached hydrogen (secondary N) is 2. The van der Waals surface area contributed by atoms with E-state index in [1.165, 1.54) is 24.3 Å². The summed E-state index contributed by atoms with van der Waals surface area (Å²) in [6, 6.07) is 9.19. The maximum absolute atomic E-state index is 13.8. The Morgan fingerprint density at radius 1 is 0.963 bits per heavy atom. The summed E-state index contributed by atoms with van der Waals surface area (Å²) in [5.74, 6) is -0.362. The molecule has 0 saturated carbocycles. The Hall–Kier alpha value is -3.07. The number of anilines is 5. The van der Waals surface area contributed by atoms with Crippen LogP contribution >= 0.6 is 11.6 Å². The molecule has 1 heterocycles. The summed E-state index contributed by atoms with van der Waals surface area (Å²) in [5.41, 5.74) is 5.19. The van der Waals surface area contributed by atoms with E-state index in [2.05, 4.69) is 20.6 Å². The first-order chi connectivity index (χ1) is 12.8. The van der Waals surface area contributed by atoms with Crippen molar-refractivity contribution in [1.29, 1.82) is 0 Å². The van der Waals surface area contributed by atoms with Crippen LogP contribution in [0.5, 0.6) is 0 Å². The van der Waals surface area contributed by atoms with Gasteiger partial charge in [-0.2, -0.15) is 13.2 Å². The van der Waals surface area contributed by atoms with Crippen LogP contribution in [0.25, 0.3) is 0 Å². The van der Waals surface area contributed by atoms with Gasteiger partial charge in [0.05, 0.1) is 16.3 Å². The maximum atomic E-state index is 13.8. The smallest absolute Gasteiger partial charge is 0.393 e. The van der Waals surface area contributed by atoms with Crippen molar-refractivity contribution >= 4 is 40.3 Å². The lowest BCUT2D eigenvalue weighted by Gasteiger charge is -2.14. The quantitative estimate of drug-likeness (QED) is 0.517. The van der Waals surface area contributed by atoms with Crippen LogP contribution in [-0.4, -0.2) is 9.97 Å². The van der Waals surface area contributed by atoms with Crippen LogP contribution in [-0.2, 0) is 6.18 Å². The van der Waals surface area contributed by atoms with Crippen LogP contribution in [0.3, 0.4) is 0 Å². The van der Waals surface area contributed by atoms with Gasteiger partial charge in [0, 0.05) is 5.69 Å². The Balaban J connectivity index is 1.90. The summed E-state index contributed by atoms with van der Waals surface area (Å²) in [4.78, 5) is 7.85. The molecule has 10 heteroatoms. The highest BCUT2D eigenvalue weighted by molar-refractivity contribution is 6.31. The molecule has 3 rings (SSSR count). The molecule has 0 saturated heterocycles. The molecule has 0 radical (unpaired) electrons. The average Bonchev–Trinajstić information content (AvgIpc) is 2.61. The monoisotopic (exact) mass is 397 g/mol. The van der Waals surface area contributed by atoms with Crippen molar-refractivity contribution in [3.8, 4) is 0 Å². The average molecular weight is 398 g/mol. The van der Waals surface area contributed by atoms with Crippen molar-refractivity contribution in [3.05, 3.63) is 65.2 Å². The summed E-state index contributed by atoms with van der Waals surface area (Å²) in [6.45, 7) is 0. The lowest BCUT2D eigenvalue weighted by molar-refractivity contribution is -0.137.